The number of hydrogen-bond acceptors (Lipinski definition) is 3. The van der Waals surface area contributed by atoms with Gasteiger partial charge < -0.3 is 15.5 Å². The van der Waals surface area contributed by atoms with E-state index in [1.807, 2.05) is 45.9 Å². The van der Waals surface area contributed by atoms with E-state index in [4.69, 9.17) is 0 Å². The van der Waals surface area contributed by atoms with Gasteiger partial charge in [0.05, 0.1) is 6.10 Å². The van der Waals surface area contributed by atoms with Crippen molar-refractivity contribution in [2.24, 2.45) is 5.41 Å². The summed E-state index contributed by atoms with van der Waals surface area (Å²) in [6, 6.07) is 5.89. The molecule has 0 fully saturated rings. The highest BCUT2D eigenvalue weighted by Gasteiger charge is 2.27. The van der Waals surface area contributed by atoms with E-state index in [0.29, 0.717) is 6.42 Å². The van der Waals surface area contributed by atoms with Crippen molar-refractivity contribution < 1.29 is 10.2 Å². The summed E-state index contributed by atoms with van der Waals surface area (Å²) in [4.78, 5) is 0. The molecule has 1 aromatic rings. The number of aliphatic hydroxyl groups is 2. The Hall–Kier alpha value is -1.06. The summed E-state index contributed by atoms with van der Waals surface area (Å²) in [6.07, 6.45) is -0.361. The zero-order chi connectivity index (χ0) is 13.5. The van der Waals surface area contributed by atoms with Crippen LogP contribution in [0.25, 0.3) is 0 Å². The Labute approximate surface area is 109 Å². The molecule has 1 heterocycles. The van der Waals surface area contributed by atoms with E-state index in [1.165, 1.54) is 0 Å². The lowest BCUT2D eigenvalue weighted by molar-refractivity contribution is 0.0626. The fourth-order valence-electron chi connectivity index (χ4n) is 2.34. The highest BCUT2D eigenvalue weighted by molar-refractivity contribution is 5.61. The van der Waals surface area contributed by atoms with E-state index in [1.54, 1.807) is 0 Å². The fraction of sp³-hybridized carbons (Fsp3) is 0.533. The zero-order valence-electron chi connectivity index (χ0n) is 11.5. The summed E-state index contributed by atoms with van der Waals surface area (Å²) >= 11 is 0. The minimum absolute atomic E-state index is 0.177. The van der Waals surface area contributed by atoms with Gasteiger partial charge in [0.2, 0.25) is 0 Å². The van der Waals surface area contributed by atoms with Crippen molar-refractivity contribution in [3.8, 4) is 0 Å². The van der Waals surface area contributed by atoms with Gasteiger partial charge >= 0.3 is 0 Å². The molecular weight excluding hydrogens is 226 g/mol. The Kier molecular flexibility index (Phi) is 3.39. The minimum atomic E-state index is -0.504. The predicted molar refractivity (Wildman–Crippen MR) is 73.1 cm³/mol. The number of nitrogens with one attached hydrogen (secondary N) is 1. The van der Waals surface area contributed by atoms with Crippen LogP contribution in [0.2, 0.25) is 0 Å². The van der Waals surface area contributed by atoms with E-state index < -0.39 is 12.3 Å². The van der Waals surface area contributed by atoms with Crippen molar-refractivity contribution in [3.63, 3.8) is 0 Å². The molecule has 3 nitrogen and oxygen atoms in total. The Morgan fingerprint density at radius 1 is 1.33 bits per heavy atom. The van der Waals surface area contributed by atoms with Gasteiger partial charge in [-0.1, -0.05) is 39.8 Å². The first-order valence-corrected chi connectivity index (χ1v) is 6.38. The lowest BCUT2D eigenvalue weighted by atomic mass is 9.82. The second kappa shape index (κ2) is 4.56. The summed E-state index contributed by atoms with van der Waals surface area (Å²) in [7, 11) is 0. The Balaban J connectivity index is 2.35. The summed E-state index contributed by atoms with van der Waals surface area (Å²) in [5, 5.41) is 23.0. The van der Waals surface area contributed by atoms with Gasteiger partial charge in [-0.05, 0) is 22.6 Å². The van der Waals surface area contributed by atoms with Crippen molar-refractivity contribution in [2.45, 2.75) is 46.4 Å². The molecule has 2 unspecified atom stereocenters. The molecule has 0 amide bonds. The third-order valence-corrected chi connectivity index (χ3v) is 3.46. The van der Waals surface area contributed by atoms with Gasteiger partial charge in [-0.2, -0.15) is 0 Å². The molecule has 18 heavy (non-hydrogen) atoms. The zero-order valence-corrected chi connectivity index (χ0v) is 11.5. The van der Waals surface area contributed by atoms with Crippen molar-refractivity contribution in [2.75, 3.05) is 5.32 Å². The van der Waals surface area contributed by atoms with Gasteiger partial charge in [0.15, 0.2) is 0 Å². The summed E-state index contributed by atoms with van der Waals surface area (Å²) < 4.78 is 0. The molecule has 1 aliphatic heterocycles. The monoisotopic (exact) mass is 248 g/mol. The van der Waals surface area contributed by atoms with Crippen LogP contribution in [0, 0.1) is 11.3 Å². The van der Waals surface area contributed by atoms with Crippen LogP contribution in [0.1, 0.15) is 51.3 Å². The quantitative estimate of drug-likeness (QED) is 0.716. The van der Waals surface area contributed by atoms with Crippen molar-refractivity contribution in [1.29, 1.82) is 0 Å². The number of benzene rings is 1. The SMILES string of the molecule is C[C]1CC(O)Nc2ccc(C(O)C(C)(C)C)cc21. The second-order valence-corrected chi connectivity index (χ2v) is 6.22. The van der Waals surface area contributed by atoms with Crippen LogP contribution in [0.3, 0.4) is 0 Å². The third kappa shape index (κ3) is 2.52. The van der Waals surface area contributed by atoms with Gasteiger partial charge in [-0.15, -0.1) is 0 Å². The molecule has 2 rings (SSSR count). The molecule has 3 heteroatoms. The van der Waals surface area contributed by atoms with Crippen LogP contribution in [-0.2, 0) is 0 Å². The van der Waals surface area contributed by atoms with Crippen molar-refractivity contribution in [1.82, 2.24) is 0 Å². The molecule has 0 saturated heterocycles. The molecule has 0 bridgehead atoms. The minimum Gasteiger partial charge on any atom is -0.388 e. The Morgan fingerprint density at radius 3 is 2.61 bits per heavy atom. The van der Waals surface area contributed by atoms with Crippen LogP contribution in [0.5, 0.6) is 0 Å². The largest absolute Gasteiger partial charge is 0.388 e. The third-order valence-electron chi connectivity index (χ3n) is 3.46. The topological polar surface area (TPSA) is 52.5 Å². The Bertz CT molecular complexity index is 437. The highest BCUT2D eigenvalue weighted by Crippen LogP contribution is 2.38. The standard InChI is InChI=1S/C15H22NO2/c1-9-7-13(17)16-12-6-5-10(8-11(9)12)14(18)15(2,3)4/h5-6,8,13-14,16-18H,7H2,1-4H3. The van der Waals surface area contributed by atoms with E-state index in [-0.39, 0.29) is 5.41 Å². The van der Waals surface area contributed by atoms with E-state index in [2.05, 4.69) is 5.32 Å². The summed E-state index contributed by atoms with van der Waals surface area (Å²) in [5.74, 6) is 1.15. The first-order chi connectivity index (χ1) is 8.29. The van der Waals surface area contributed by atoms with E-state index >= 15 is 0 Å². The molecular formula is C15H22NO2. The van der Waals surface area contributed by atoms with E-state index in [0.717, 1.165) is 22.7 Å². The lowest BCUT2D eigenvalue weighted by Crippen LogP contribution is -2.27. The molecule has 99 valence electrons. The predicted octanol–water partition coefficient (Wildman–Crippen LogP) is 2.84. The first kappa shape index (κ1) is 13.4. The average Bonchev–Trinajstić information content (AvgIpc) is 2.26. The number of aliphatic hydroxyl groups excluding tert-OH is 2. The van der Waals surface area contributed by atoms with Crippen LogP contribution in [0.4, 0.5) is 5.69 Å². The van der Waals surface area contributed by atoms with Gasteiger partial charge in [-0.3, -0.25) is 0 Å². The molecule has 0 aliphatic carbocycles. The smallest absolute Gasteiger partial charge is 0.125 e. The lowest BCUT2D eigenvalue weighted by Gasteiger charge is -2.31. The number of hydrogen-bond donors (Lipinski definition) is 3. The molecule has 1 radical (unpaired) electrons. The van der Waals surface area contributed by atoms with Gasteiger partial charge in [-0.25, -0.2) is 0 Å². The van der Waals surface area contributed by atoms with Gasteiger partial charge in [0, 0.05) is 18.0 Å². The maximum absolute atomic E-state index is 10.3. The summed E-state index contributed by atoms with van der Waals surface area (Å²) in [5.41, 5.74) is 2.79. The normalized spacial score (nSPS) is 22.2. The number of rotatable bonds is 1. The second-order valence-electron chi connectivity index (χ2n) is 6.22. The maximum Gasteiger partial charge on any atom is 0.125 e. The van der Waals surface area contributed by atoms with Crippen LogP contribution < -0.4 is 5.32 Å². The van der Waals surface area contributed by atoms with Crippen molar-refractivity contribution >= 4 is 5.69 Å². The van der Waals surface area contributed by atoms with Gasteiger partial charge in [0.25, 0.3) is 0 Å². The molecule has 3 N–H and O–H groups in total. The van der Waals surface area contributed by atoms with Crippen LogP contribution in [0.15, 0.2) is 18.2 Å². The van der Waals surface area contributed by atoms with Crippen LogP contribution in [-0.4, -0.2) is 16.4 Å². The summed E-state index contributed by atoms with van der Waals surface area (Å²) in [6.45, 7) is 8.09. The van der Waals surface area contributed by atoms with Crippen molar-refractivity contribution in [3.05, 3.63) is 35.2 Å². The van der Waals surface area contributed by atoms with Gasteiger partial charge in [0.1, 0.15) is 6.23 Å². The molecule has 1 aliphatic rings. The fourth-order valence-corrected chi connectivity index (χ4v) is 2.34. The molecule has 0 saturated carbocycles. The van der Waals surface area contributed by atoms with Crippen LogP contribution >= 0.6 is 0 Å². The molecule has 2 atom stereocenters. The molecule has 1 aromatic carbocycles. The van der Waals surface area contributed by atoms with E-state index in [9.17, 15) is 10.2 Å². The average molecular weight is 248 g/mol. The highest BCUT2D eigenvalue weighted by atomic mass is 16.3. The molecule has 0 aromatic heterocycles. The number of fused-ring (bicyclic) bond motifs is 1. The number of anilines is 1. The maximum atomic E-state index is 10.3. The molecule has 0 spiro atoms. The Morgan fingerprint density at radius 2 is 2.00 bits per heavy atom. The first-order valence-electron chi connectivity index (χ1n) is 6.38.